The smallest absolute Gasteiger partial charge is 0.0730 e. The Morgan fingerprint density at radius 3 is 2.77 bits per heavy atom. The highest BCUT2D eigenvalue weighted by atomic mass is 79.9. The lowest BCUT2D eigenvalue weighted by molar-refractivity contribution is 1.03. The fraction of sp³-hybridized carbons (Fsp3) is 0.300. The van der Waals surface area contributed by atoms with Crippen LogP contribution in [0.2, 0.25) is 0 Å². The molecule has 1 aromatic carbocycles. The summed E-state index contributed by atoms with van der Waals surface area (Å²) in [5.74, 6) is 0. The first-order valence-electron chi connectivity index (χ1n) is 4.13. The van der Waals surface area contributed by atoms with Gasteiger partial charge in [0.25, 0.3) is 0 Å². The number of halogens is 1. The van der Waals surface area contributed by atoms with Crippen LogP contribution in [0.3, 0.4) is 0 Å². The summed E-state index contributed by atoms with van der Waals surface area (Å²) in [6.07, 6.45) is 1.69. The lowest BCUT2D eigenvalue weighted by atomic mass is 10.1. The van der Waals surface area contributed by atoms with Gasteiger partial charge < -0.3 is 5.73 Å². The zero-order valence-corrected chi connectivity index (χ0v) is 9.91. The number of thiocarbonyl (C=S) groups is 1. The van der Waals surface area contributed by atoms with Crippen molar-refractivity contribution in [3.8, 4) is 0 Å². The SMILES string of the molecule is Cc1ccc(CCC(N)=S)c(Br)c1. The molecular weight excluding hydrogens is 246 g/mol. The van der Waals surface area contributed by atoms with Crippen LogP contribution in [0.4, 0.5) is 0 Å². The minimum absolute atomic E-state index is 0.576. The van der Waals surface area contributed by atoms with Crippen LogP contribution in [0.1, 0.15) is 17.5 Å². The fourth-order valence-electron chi connectivity index (χ4n) is 1.11. The Bertz CT molecular complexity index is 323. The fourth-order valence-corrected chi connectivity index (χ4v) is 1.91. The van der Waals surface area contributed by atoms with Crippen molar-refractivity contribution in [1.29, 1.82) is 0 Å². The molecule has 13 heavy (non-hydrogen) atoms. The van der Waals surface area contributed by atoms with Gasteiger partial charge in [-0.1, -0.05) is 40.3 Å². The molecular formula is C10H12BrNS. The summed E-state index contributed by atoms with van der Waals surface area (Å²) in [7, 11) is 0. The van der Waals surface area contributed by atoms with Crippen LogP contribution in [0.25, 0.3) is 0 Å². The molecule has 0 saturated carbocycles. The Labute approximate surface area is 92.5 Å². The highest BCUT2D eigenvalue weighted by molar-refractivity contribution is 9.10. The third-order valence-corrected chi connectivity index (χ3v) is 2.79. The van der Waals surface area contributed by atoms with Crippen LogP contribution >= 0.6 is 28.1 Å². The summed E-state index contributed by atoms with van der Waals surface area (Å²) in [5, 5.41) is 0. The molecule has 0 aromatic heterocycles. The second kappa shape index (κ2) is 4.72. The highest BCUT2D eigenvalue weighted by Crippen LogP contribution is 2.19. The van der Waals surface area contributed by atoms with Crippen molar-refractivity contribution in [1.82, 2.24) is 0 Å². The predicted molar refractivity (Wildman–Crippen MR) is 64.0 cm³/mol. The molecule has 0 fully saturated rings. The number of rotatable bonds is 3. The van der Waals surface area contributed by atoms with Crippen LogP contribution in [0.5, 0.6) is 0 Å². The standard InChI is InChI=1S/C10H12BrNS/c1-7-2-3-8(9(11)6-7)4-5-10(12)13/h2-3,6H,4-5H2,1H3,(H2,12,13). The molecule has 0 heterocycles. The van der Waals surface area contributed by atoms with E-state index in [-0.39, 0.29) is 0 Å². The first-order chi connectivity index (χ1) is 6.09. The van der Waals surface area contributed by atoms with Crippen LogP contribution in [-0.4, -0.2) is 4.99 Å². The van der Waals surface area contributed by atoms with Crippen LogP contribution in [0, 0.1) is 6.92 Å². The lowest BCUT2D eigenvalue weighted by Gasteiger charge is -2.04. The number of hydrogen-bond acceptors (Lipinski definition) is 1. The largest absolute Gasteiger partial charge is 0.393 e. The Kier molecular flexibility index (Phi) is 3.88. The number of nitrogens with two attached hydrogens (primary N) is 1. The van der Waals surface area contributed by atoms with E-state index in [4.69, 9.17) is 18.0 Å². The van der Waals surface area contributed by atoms with Crippen molar-refractivity contribution in [2.75, 3.05) is 0 Å². The van der Waals surface area contributed by atoms with E-state index in [2.05, 4.69) is 41.1 Å². The van der Waals surface area contributed by atoms with Crippen LogP contribution < -0.4 is 5.73 Å². The molecule has 0 bridgehead atoms. The van der Waals surface area contributed by atoms with Crippen molar-refractivity contribution in [2.24, 2.45) is 5.73 Å². The normalized spacial score (nSPS) is 10.0. The van der Waals surface area contributed by atoms with Gasteiger partial charge in [-0.15, -0.1) is 0 Å². The highest BCUT2D eigenvalue weighted by Gasteiger charge is 2.00. The summed E-state index contributed by atoms with van der Waals surface area (Å²) in [6.45, 7) is 2.07. The first kappa shape index (κ1) is 10.7. The average Bonchev–Trinajstić information content (AvgIpc) is 2.02. The van der Waals surface area contributed by atoms with Gasteiger partial charge in [0.05, 0.1) is 4.99 Å². The van der Waals surface area contributed by atoms with Gasteiger partial charge >= 0.3 is 0 Å². The topological polar surface area (TPSA) is 26.0 Å². The van der Waals surface area contributed by atoms with Gasteiger partial charge in [0.2, 0.25) is 0 Å². The molecule has 3 heteroatoms. The zero-order valence-electron chi connectivity index (χ0n) is 7.51. The molecule has 1 rings (SSSR count). The molecule has 2 N–H and O–H groups in total. The maximum atomic E-state index is 5.44. The van der Waals surface area contributed by atoms with E-state index in [1.54, 1.807) is 0 Å². The van der Waals surface area contributed by atoms with Gasteiger partial charge in [-0.25, -0.2) is 0 Å². The third-order valence-electron chi connectivity index (χ3n) is 1.85. The molecule has 0 spiro atoms. The van der Waals surface area contributed by atoms with Crippen molar-refractivity contribution in [3.05, 3.63) is 33.8 Å². The van der Waals surface area contributed by atoms with Crippen LogP contribution in [-0.2, 0) is 6.42 Å². The molecule has 0 saturated heterocycles. The number of benzene rings is 1. The van der Waals surface area contributed by atoms with Gasteiger partial charge in [0.1, 0.15) is 0 Å². The summed E-state index contributed by atoms with van der Waals surface area (Å²) in [5.41, 5.74) is 7.95. The van der Waals surface area contributed by atoms with E-state index in [1.165, 1.54) is 11.1 Å². The number of aryl methyl sites for hydroxylation is 2. The molecule has 0 aliphatic carbocycles. The molecule has 0 aliphatic heterocycles. The van der Waals surface area contributed by atoms with Crippen molar-refractivity contribution >= 4 is 33.1 Å². The Morgan fingerprint density at radius 1 is 1.54 bits per heavy atom. The maximum absolute atomic E-state index is 5.44. The van der Waals surface area contributed by atoms with Gasteiger partial charge in [0, 0.05) is 10.9 Å². The van der Waals surface area contributed by atoms with Crippen molar-refractivity contribution in [2.45, 2.75) is 19.8 Å². The maximum Gasteiger partial charge on any atom is 0.0730 e. The van der Waals surface area contributed by atoms with E-state index >= 15 is 0 Å². The monoisotopic (exact) mass is 257 g/mol. The lowest BCUT2D eigenvalue weighted by Crippen LogP contribution is -2.08. The van der Waals surface area contributed by atoms with E-state index < -0.39 is 0 Å². The van der Waals surface area contributed by atoms with E-state index in [0.717, 1.165) is 17.3 Å². The summed E-state index contributed by atoms with van der Waals surface area (Å²) < 4.78 is 1.14. The first-order valence-corrected chi connectivity index (χ1v) is 5.33. The minimum Gasteiger partial charge on any atom is -0.393 e. The second-order valence-electron chi connectivity index (χ2n) is 3.06. The molecule has 1 aromatic rings. The Morgan fingerprint density at radius 2 is 2.23 bits per heavy atom. The summed E-state index contributed by atoms with van der Waals surface area (Å²) in [4.78, 5) is 0.576. The molecule has 0 aliphatic rings. The van der Waals surface area contributed by atoms with E-state index in [0.29, 0.717) is 4.99 Å². The van der Waals surface area contributed by atoms with Gasteiger partial charge in [-0.05, 0) is 30.5 Å². The van der Waals surface area contributed by atoms with E-state index in [1.807, 2.05) is 0 Å². The molecule has 0 unspecified atom stereocenters. The molecule has 0 amide bonds. The average molecular weight is 258 g/mol. The van der Waals surface area contributed by atoms with Crippen LogP contribution in [0.15, 0.2) is 22.7 Å². The second-order valence-corrected chi connectivity index (χ2v) is 4.44. The third kappa shape index (κ3) is 3.44. The quantitative estimate of drug-likeness (QED) is 0.843. The van der Waals surface area contributed by atoms with Gasteiger partial charge in [0.15, 0.2) is 0 Å². The Hall–Kier alpha value is -0.410. The summed E-state index contributed by atoms with van der Waals surface area (Å²) >= 11 is 8.34. The Balaban J connectivity index is 2.72. The molecule has 0 atom stereocenters. The van der Waals surface area contributed by atoms with E-state index in [9.17, 15) is 0 Å². The summed E-state index contributed by atoms with van der Waals surface area (Å²) in [6, 6.07) is 6.31. The predicted octanol–water partition coefficient (Wildman–Crippen LogP) is 2.98. The zero-order chi connectivity index (χ0) is 9.84. The van der Waals surface area contributed by atoms with Gasteiger partial charge in [-0.3, -0.25) is 0 Å². The molecule has 1 nitrogen and oxygen atoms in total. The van der Waals surface area contributed by atoms with Gasteiger partial charge in [-0.2, -0.15) is 0 Å². The molecule has 0 radical (unpaired) electrons. The molecule has 70 valence electrons. The minimum atomic E-state index is 0.576. The number of hydrogen-bond donors (Lipinski definition) is 1. The van der Waals surface area contributed by atoms with Crippen molar-refractivity contribution < 1.29 is 0 Å². The van der Waals surface area contributed by atoms with Crippen molar-refractivity contribution in [3.63, 3.8) is 0 Å².